The van der Waals surface area contributed by atoms with Gasteiger partial charge in [-0.25, -0.2) is 0 Å². The van der Waals surface area contributed by atoms with E-state index < -0.39 is 0 Å². The zero-order valence-electron chi connectivity index (χ0n) is 13.9. The smallest absolute Gasteiger partial charge is 0.172 e. The van der Waals surface area contributed by atoms with Gasteiger partial charge in [0, 0.05) is 5.41 Å². The van der Waals surface area contributed by atoms with Crippen LogP contribution in [0.3, 0.4) is 0 Å². The summed E-state index contributed by atoms with van der Waals surface area (Å²) >= 11 is 0. The summed E-state index contributed by atoms with van der Waals surface area (Å²) in [6.45, 7) is 9.03. The van der Waals surface area contributed by atoms with E-state index in [0.717, 1.165) is 36.1 Å². The predicted octanol–water partition coefficient (Wildman–Crippen LogP) is 5.18. The van der Waals surface area contributed by atoms with Crippen molar-refractivity contribution in [2.45, 2.75) is 59.8 Å². The second-order valence-corrected chi connectivity index (χ2v) is 6.85. The zero-order chi connectivity index (χ0) is 15.5. The Morgan fingerprint density at radius 3 is 2.52 bits per heavy atom. The van der Waals surface area contributed by atoms with Crippen molar-refractivity contribution in [3.05, 3.63) is 29.3 Å². The summed E-state index contributed by atoms with van der Waals surface area (Å²) in [5.41, 5.74) is 1.76. The summed E-state index contributed by atoms with van der Waals surface area (Å²) in [6.07, 6.45) is 5.40. The second kappa shape index (κ2) is 6.64. The van der Waals surface area contributed by atoms with E-state index in [1.807, 2.05) is 32.0 Å². The van der Waals surface area contributed by atoms with Gasteiger partial charge in [-0.1, -0.05) is 38.3 Å². The Hall–Kier alpha value is -1.31. The largest absolute Gasteiger partial charge is 0.493 e. The van der Waals surface area contributed by atoms with Gasteiger partial charge in [-0.3, -0.25) is 4.79 Å². The number of carbonyl (C=O) groups is 1. The van der Waals surface area contributed by atoms with Crippen molar-refractivity contribution in [2.24, 2.45) is 11.3 Å². The third kappa shape index (κ3) is 3.48. The summed E-state index contributed by atoms with van der Waals surface area (Å²) in [5, 5.41) is 0. The number of hydrogen-bond acceptors (Lipinski definition) is 2. The molecule has 116 valence electrons. The normalized spacial score (nSPS) is 17.2. The van der Waals surface area contributed by atoms with Gasteiger partial charge in [0.15, 0.2) is 5.78 Å². The van der Waals surface area contributed by atoms with Crippen LogP contribution in [0.25, 0.3) is 0 Å². The Bertz CT molecular complexity index is 496. The molecular weight excluding hydrogens is 260 g/mol. The molecule has 0 unspecified atom stereocenters. The van der Waals surface area contributed by atoms with Gasteiger partial charge in [0.25, 0.3) is 0 Å². The molecule has 0 bridgehead atoms. The van der Waals surface area contributed by atoms with E-state index in [9.17, 15) is 4.79 Å². The van der Waals surface area contributed by atoms with E-state index >= 15 is 0 Å². The maximum Gasteiger partial charge on any atom is 0.172 e. The Morgan fingerprint density at radius 1 is 1.29 bits per heavy atom. The number of rotatable bonds is 6. The number of hydrogen-bond donors (Lipinski definition) is 0. The molecule has 0 N–H and O–H groups in total. The van der Waals surface area contributed by atoms with Crippen molar-refractivity contribution in [2.75, 3.05) is 6.61 Å². The Labute approximate surface area is 128 Å². The molecule has 0 saturated heterocycles. The second-order valence-electron chi connectivity index (χ2n) is 6.85. The molecule has 2 heteroatoms. The molecule has 1 aliphatic carbocycles. The van der Waals surface area contributed by atoms with Gasteiger partial charge in [0.2, 0.25) is 0 Å². The van der Waals surface area contributed by atoms with Crippen molar-refractivity contribution >= 4 is 5.78 Å². The van der Waals surface area contributed by atoms with Gasteiger partial charge in [-0.15, -0.1) is 0 Å². The summed E-state index contributed by atoms with van der Waals surface area (Å²) in [4.78, 5) is 13.3. The molecule has 0 radical (unpaired) electrons. The van der Waals surface area contributed by atoms with Gasteiger partial charge in [0.05, 0.1) is 12.2 Å². The van der Waals surface area contributed by atoms with Crippen LogP contribution in [0.4, 0.5) is 0 Å². The molecule has 0 aliphatic heterocycles. The van der Waals surface area contributed by atoms with E-state index in [2.05, 4.69) is 13.8 Å². The van der Waals surface area contributed by atoms with Gasteiger partial charge in [-0.05, 0) is 51.2 Å². The number of carbonyl (C=O) groups excluding carboxylic acids is 1. The molecule has 0 amide bonds. The van der Waals surface area contributed by atoms with Gasteiger partial charge in [0.1, 0.15) is 5.75 Å². The third-order valence-electron chi connectivity index (χ3n) is 4.52. The first kappa shape index (κ1) is 16.1. The van der Waals surface area contributed by atoms with Crippen molar-refractivity contribution < 1.29 is 9.53 Å². The van der Waals surface area contributed by atoms with E-state index in [1.165, 1.54) is 12.8 Å². The van der Waals surface area contributed by atoms with E-state index in [1.54, 1.807) is 0 Å². The van der Waals surface area contributed by atoms with Crippen LogP contribution >= 0.6 is 0 Å². The lowest BCUT2D eigenvalue weighted by Crippen LogP contribution is -2.30. The van der Waals surface area contributed by atoms with Crippen LogP contribution in [-0.4, -0.2) is 12.4 Å². The highest BCUT2D eigenvalue weighted by atomic mass is 16.5. The Balaban J connectivity index is 2.39. The molecule has 1 saturated carbocycles. The maximum atomic E-state index is 13.3. The summed E-state index contributed by atoms with van der Waals surface area (Å²) in [7, 11) is 0. The molecule has 0 spiro atoms. The lowest BCUT2D eigenvalue weighted by molar-refractivity contribution is 0.0755. The van der Waals surface area contributed by atoms with E-state index in [0.29, 0.717) is 18.3 Å². The lowest BCUT2D eigenvalue weighted by atomic mass is 9.73. The van der Waals surface area contributed by atoms with Gasteiger partial charge >= 0.3 is 0 Å². The summed E-state index contributed by atoms with van der Waals surface area (Å²) in [6, 6.07) is 5.98. The monoisotopic (exact) mass is 288 g/mol. The highest BCUT2D eigenvalue weighted by Gasteiger charge is 2.42. The molecule has 1 aromatic rings. The fourth-order valence-electron chi connectivity index (χ4n) is 3.75. The van der Waals surface area contributed by atoms with Crippen LogP contribution < -0.4 is 4.74 Å². The summed E-state index contributed by atoms with van der Waals surface area (Å²) < 4.78 is 5.70. The Kier molecular flexibility index (Phi) is 5.08. The molecule has 0 atom stereocenters. The summed E-state index contributed by atoms with van der Waals surface area (Å²) in [5.74, 6) is 1.61. The minimum atomic E-state index is -0.159. The van der Waals surface area contributed by atoms with Crippen LogP contribution in [0.1, 0.15) is 68.8 Å². The van der Waals surface area contributed by atoms with Crippen molar-refractivity contribution in [1.82, 2.24) is 0 Å². The van der Waals surface area contributed by atoms with Gasteiger partial charge in [-0.2, -0.15) is 0 Å². The van der Waals surface area contributed by atoms with Crippen LogP contribution in [0.5, 0.6) is 5.75 Å². The molecule has 1 aliphatic rings. The van der Waals surface area contributed by atoms with E-state index in [-0.39, 0.29) is 5.41 Å². The third-order valence-corrected chi connectivity index (χ3v) is 4.52. The van der Waals surface area contributed by atoms with Gasteiger partial charge < -0.3 is 4.74 Å². The predicted molar refractivity (Wildman–Crippen MR) is 87.0 cm³/mol. The minimum absolute atomic E-state index is 0.159. The number of aryl methyl sites for hydroxylation is 1. The lowest BCUT2D eigenvalue weighted by Gasteiger charge is -2.30. The molecule has 0 aromatic heterocycles. The average Bonchev–Trinajstić information content (AvgIpc) is 2.89. The molecule has 1 aromatic carbocycles. The fourth-order valence-corrected chi connectivity index (χ4v) is 3.75. The molecule has 1 fully saturated rings. The average molecular weight is 288 g/mol. The zero-order valence-corrected chi connectivity index (χ0v) is 13.9. The van der Waals surface area contributed by atoms with Crippen molar-refractivity contribution in [1.29, 1.82) is 0 Å². The van der Waals surface area contributed by atoms with Crippen LogP contribution in [0.15, 0.2) is 18.2 Å². The standard InChI is InChI=1S/C19H28O2/c1-5-21-17-9-8-15(4)12-16(17)18(20)19(13-14(2)3)10-6-7-11-19/h8-9,12,14H,5-7,10-11,13H2,1-4H3. The van der Waals surface area contributed by atoms with Crippen LogP contribution in [-0.2, 0) is 0 Å². The fraction of sp³-hybridized carbons (Fsp3) is 0.632. The molecule has 2 rings (SSSR count). The highest BCUT2D eigenvalue weighted by Crippen LogP contribution is 2.46. The van der Waals surface area contributed by atoms with E-state index in [4.69, 9.17) is 4.74 Å². The molecule has 21 heavy (non-hydrogen) atoms. The first-order valence-corrected chi connectivity index (χ1v) is 8.27. The maximum absolute atomic E-state index is 13.3. The Morgan fingerprint density at radius 2 is 1.95 bits per heavy atom. The molecule has 0 heterocycles. The number of ether oxygens (including phenoxy) is 1. The molecule has 2 nitrogen and oxygen atoms in total. The SMILES string of the molecule is CCOc1ccc(C)cc1C(=O)C1(CC(C)C)CCCC1. The highest BCUT2D eigenvalue weighted by molar-refractivity contribution is 6.03. The number of Topliss-reactive ketones (excluding diaryl/α,β-unsaturated/α-hetero) is 1. The topological polar surface area (TPSA) is 26.3 Å². The number of ketones is 1. The minimum Gasteiger partial charge on any atom is -0.493 e. The molecular formula is C19H28O2. The first-order chi connectivity index (χ1) is 9.98. The van der Waals surface area contributed by atoms with Crippen molar-refractivity contribution in [3.8, 4) is 5.75 Å². The quantitative estimate of drug-likeness (QED) is 0.674. The number of benzene rings is 1. The van der Waals surface area contributed by atoms with Crippen LogP contribution in [0.2, 0.25) is 0 Å². The first-order valence-electron chi connectivity index (χ1n) is 8.27. The van der Waals surface area contributed by atoms with Crippen molar-refractivity contribution in [3.63, 3.8) is 0 Å². The van der Waals surface area contributed by atoms with Crippen LogP contribution in [0, 0.1) is 18.3 Å².